The van der Waals surface area contributed by atoms with E-state index in [2.05, 4.69) is 4.72 Å². The molecule has 0 radical (unpaired) electrons. The van der Waals surface area contributed by atoms with Crippen LogP contribution >= 0.6 is 0 Å². The minimum absolute atomic E-state index is 0.149. The van der Waals surface area contributed by atoms with Gasteiger partial charge in [-0.3, -0.25) is 4.72 Å². The molecule has 0 heterocycles. The number of sulfonamides is 1. The number of anilines is 1. The molecule has 0 bridgehead atoms. The Balaban J connectivity index is 1.91. The molecular formula is C16H17NO3S. The van der Waals surface area contributed by atoms with Crippen LogP contribution in [0.15, 0.2) is 41.3 Å². The third-order valence-corrected chi connectivity index (χ3v) is 5.21. The highest BCUT2D eigenvalue weighted by Gasteiger charge is 2.18. The molecule has 0 unspecified atom stereocenters. The van der Waals surface area contributed by atoms with Gasteiger partial charge in [0.2, 0.25) is 0 Å². The molecule has 1 aliphatic rings. The van der Waals surface area contributed by atoms with E-state index in [9.17, 15) is 13.5 Å². The smallest absolute Gasteiger partial charge is 0.261 e. The van der Waals surface area contributed by atoms with Gasteiger partial charge in [-0.2, -0.15) is 0 Å². The predicted molar refractivity (Wildman–Crippen MR) is 82.1 cm³/mol. The number of phenolic OH excluding ortho intramolecular Hbond substituents is 1. The second-order valence-corrected chi connectivity index (χ2v) is 7.07. The van der Waals surface area contributed by atoms with Gasteiger partial charge in [0.25, 0.3) is 10.0 Å². The van der Waals surface area contributed by atoms with E-state index in [1.54, 1.807) is 31.2 Å². The fraction of sp³-hybridized carbons (Fsp3) is 0.250. The van der Waals surface area contributed by atoms with E-state index in [1.165, 1.54) is 11.6 Å². The quantitative estimate of drug-likeness (QED) is 0.857. The summed E-state index contributed by atoms with van der Waals surface area (Å²) in [6.45, 7) is 1.72. The molecule has 21 heavy (non-hydrogen) atoms. The average molecular weight is 303 g/mol. The van der Waals surface area contributed by atoms with Crippen molar-refractivity contribution in [2.75, 3.05) is 4.72 Å². The summed E-state index contributed by atoms with van der Waals surface area (Å²) in [7, 11) is -3.60. The molecule has 0 fully saturated rings. The predicted octanol–water partition coefficient (Wildman–Crippen LogP) is 2.99. The Kier molecular flexibility index (Phi) is 3.37. The molecule has 0 aromatic heterocycles. The second-order valence-electron chi connectivity index (χ2n) is 5.39. The number of benzene rings is 2. The van der Waals surface area contributed by atoms with Crippen molar-refractivity contribution in [3.63, 3.8) is 0 Å². The maximum absolute atomic E-state index is 12.4. The Morgan fingerprint density at radius 3 is 2.57 bits per heavy atom. The molecule has 2 N–H and O–H groups in total. The second kappa shape index (κ2) is 5.07. The van der Waals surface area contributed by atoms with Crippen molar-refractivity contribution < 1.29 is 13.5 Å². The van der Waals surface area contributed by atoms with Gasteiger partial charge in [-0.1, -0.05) is 6.07 Å². The van der Waals surface area contributed by atoms with Crippen LogP contribution in [0.1, 0.15) is 23.1 Å². The molecule has 110 valence electrons. The van der Waals surface area contributed by atoms with Gasteiger partial charge in [-0.15, -0.1) is 0 Å². The highest BCUT2D eigenvalue weighted by atomic mass is 32.2. The SMILES string of the molecule is Cc1cc(NS(=O)(=O)c2ccc3c(c2)CCC3)ccc1O. The molecule has 5 heteroatoms. The number of nitrogens with one attached hydrogen (secondary N) is 1. The van der Waals surface area contributed by atoms with Crippen molar-refractivity contribution in [1.82, 2.24) is 0 Å². The highest BCUT2D eigenvalue weighted by molar-refractivity contribution is 7.92. The van der Waals surface area contributed by atoms with Crippen LogP contribution in [0.5, 0.6) is 5.75 Å². The summed E-state index contributed by atoms with van der Waals surface area (Å²) in [5.74, 6) is 0.149. The maximum Gasteiger partial charge on any atom is 0.261 e. The fourth-order valence-corrected chi connectivity index (χ4v) is 3.75. The van der Waals surface area contributed by atoms with Gasteiger partial charge in [0.15, 0.2) is 0 Å². The van der Waals surface area contributed by atoms with Crippen LogP contribution in [0.4, 0.5) is 5.69 Å². The number of fused-ring (bicyclic) bond motifs is 1. The molecule has 1 aliphatic carbocycles. The summed E-state index contributed by atoms with van der Waals surface area (Å²) in [6.07, 6.45) is 3.06. The molecule has 0 spiro atoms. The third-order valence-electron chi connectivity index (χ3n) is 3.83. The van der Waals surface area contributed by atoms with Gasteiger partial charge >= 0.3 is 0 Å². The van der Waals surface area contributed by atoms with E-state index >= 15 is 0 Å². The lowest BCUT2D eigenvalue weighted by atomic mass is 10.1. The first kappa shape index (κ1) is 13.9. The Bertz CT molecular complexity index is 797. The summed E-state index contributed by atoms with van der Waals surface area (Å²) in [4.78, 5) is 0.286. The van der Waals surface area contributed by atoms with Crippen LogP contribution < -0.4 is 4.72 Å². The molecule has 0 saturated carbocycles. The molecular weight excluding hydrogens is 286 g/mol. The highest BCUT2D eigenvalue weighted by Crippen LogP contribution is 2.27. The van der Waals surface area contributed by atoms with Gasteiger partial charge in [0.1, 0.15) is 5.75 Å². The number of aryl methyl sites for hydroxylation is 3. The van der Waals surface area contributed by atoms with Crippen molar-refractivity contribution in [2.45, 2.75) is 31.1 Å². The number of rotatable bonds is 3. The van der Waals surface area contributed by atoms with Gasteiger partial charge in [-0.25, -0.2) is 8.42 Å². The topological polar surface area (TPSA) is 66.4 Å². The van der Waals surface area contributed by atoms with Crippen LogP contribution in [-0.4, -0.2) is 13.5 Å². The summed E-state index contributed by atoms with van der Waals surface area (Å²) >= 11 is 0. The van der Waals surface area contributed by atoms with Crippen molar-refractivity contribution in [3.8, 4) is 5.75 Å². The average Bonchev–Trinajstić information content (AvgIpc) is 2.90. The number of hydrogen-bond donors (Lipinski definition) is 2. The first-order chi connectivity index (χ1) is 9.95. The Labute approximate surface area is 124 Å². The lowest BCUT2D eigenvalue weighted by Crippen LogP contribution is -2.13. The number of aromatic hydroxyl groups is 1. The van der Waals surface area contributed by atoms with E-state index in [0.29, 0.717) is 11.3 Å². The van der Waals surface area contributed by atoms with Crippen molar-refractivity contribution in [1.29, 1.82) is 0 Å². The van der Waals surface area contributed by atoms with Crippen molar-refractivity contribution >= 4 is 15.7 Å². The van der Waals surface area contributed by atoms with Crippen LogP contribution in [-0.2, 0) is 22.9 Å². The van der Waals surface area contributed by atoms with E-state index < -0.39 is 10.0 Å². The summed E-state index contributed by atoms with van der Waals surface area (Å²) in [5.41, 5.74) is 3.45. The van der Waals surface area contributed by atoms with Gasteiger partial charge in [0.05, 0.1) is 4.90 Å². The molecule has 2 aromatic rings. The lowest BCUT2D eigenvalue weighted by molar-refractivity contribution is 0.471. The van der Waals surface area contributed by atoms with Crippen molar-refractivity contribution in [3.05, 3.63) is 53.1 Å². The zero-order valence-corrected chi connectivity index (χ0v) is 12.6. The van der Waals surface area contributed by atoms with Gasteiger partial charge < -0.3 is 5.11 Å². The van der Waals surface area contributed by atoms with Crippen LogP contribution in [0, 0.1) is 6.92 Å². The van der Waals surface area contributed by atoms with E-state index in [1.807, 2.05) is 6.07 Å². The monoisotopic (exact) mass is 303 g/mol. The minimum atomic E-state index is -3.60. The molecule has 4 nitrogen and oxygen atoms in total. The van der Waals surface area contributed by atoms with Crippen LogP contribution in [0.2, 0.25) is 0 Å². The zero-order chi connectivity index (χ0) is 15.0. The fourth-order valence-electron chi connectivity index (χ4n) is 2.65. The summed E-state index contributed by atoms with van der Waals surface area (Å²) in [5, 5.41) is 9.49. The van der Waals surface area contributed by atoms with Crippen LogP contribution in [0.3, 0.4) is 0 Å². The molecule has 3 rings (SSSR count). The van der Waals surface area contributed by atoms with Gasteiger partial charge in [0, 0.05) is 5.69 Å². The number of hydrogen-bond acceptors (Lipinski definition) is 3. The standard InChI is InChI=1S/C16H17NO3S/c1-11-9-14(6-8-16(11)18)17-21(19,20)15-7-5-12-3-2-4-13(12)10-15/h5-10,17-18H,2-4H2,1H3. The van der Waals surface area contributed by atoms with E-state index in [-0.39, 0.29) is 10.6 Å². The first-order valence-electron chi connectivity index (χ1n) is 6.90. The third kappa shape index (κ3) is 2.74. The summed E-state index contributed by atoms with van der Waals surface area (Å²) in [6, 6.07) is 9.96. The molecule has 0 atom stereocenters. The van der Waals surface area contributed by atoms with Crippen LogP contribution in [0.25, 0.3) is 0 Å². The summed E-state index contributed by atoms with van der Waals surface area (Å²) < 4.78 is 27.4. The Morgan fingerprint density at radius 2 is 1.81 bits per heavy atom. The number of phenols is 1. The Hall–Kier alpha value is -2.01. The minimum Gasteiger partial charge on any atom is -0.508 e. The molecule has 0 saturated heterocycles. The van der Waals surface area contributed by atoms with E-state index in [4.69, 9.17) is 0 Å². The molecule has 0 amide bonds. The molecule has 2 aromatic carbocycles. The zero-order valence-electron chi connectivity index (χ0n) is 11.8. The first-order valence-corrected chi connectivity index (χ1v) is 8.38. The maximum atomic E-state index is 12.4. The van der Waals surface area contributed by atoms with Gasteiger partial charge in [-0.05, 0) is 73.2 Å². The van der Waals surface area contributed by atoms with E-state index in [0.717, 1.165) is 24.8 Å². The Morgan fingerprint density at radius 1 is 1.05 bits per heavy atom. The lowest BCUT2D eigenvalue weighted by Gasteiger charge is -2.10. The molecule has 0 aliphatic heterocycles. The normalized spacial score (nSPS) is 14.0. The largest absolute Gasteiger partial charge is 0.508 e. The van der Waals surface area contributed by atoms with Crippen molar-refractivity contribution in [2.24, 2.45) is 0 Å².